The molecule has 0 aromatic carbocycles. The Morgan fingerprint density at radius 3 is 2.52 bits per heavy atom. The van der Waals surface area contributed by atoms with Gasteiger partial charge in [0.1, 0.15) is 0 Å². The Labute approximate surface area is 149 Å². The summed E-state index contributed by atoms with van der Waals surface area (Å²) in [4.78, 5) is 31.8. The van der Waals surface area contributed by atoms with E-state index in [4.69, 9.17) is 0 Å². The molecule has 4 rings (SSSR count). The molecule has 2 heterocycles. The van der Waals surface area contributed by atoms with Crippen molar-refractivity contribution in [2.45, 2.75) is 77.4 Å². The van der Waals surface area contributed by atoms with E-state index in [0.717, 1.165) is 50.0 Å². The van der Waals surface area contributed by atoms with Crippen LogP contribution in [0.25, 0.3) is 0 Å². The first-order valence-corrected chi connectivity index (χ1v) is 9.74. The molecule has 1 N–H and O–H groups in total. The molecule has 0 radical (unpaired) electrons. The summed E-state index contributed by atoms with van der Waals surface area (Å²) in [5, 5.41) is 3.16. The first-order valence-electron chi connectivity index (χ1n) is 9.74. The second kappa shape index (κ2) is 6.46. The maximum atomic E-state index is 12.8. The highest BCUT2D eigenvalue weighted by Crippen LogP contribution is 2.33. The molecular weight excluding hydrogens is 316 g/mol. The first kappa shape index (κ1) is 16.6. The van der Waals surface area contributed by atoms with E-state index in [9.17, 15) is 9.59 Å². The molecule has 1 aromatic rings. The Balaban J connectivity index is 1.57. The van der Waals surface area contributed by atoms with Gasteiger partial charge in [0.15, 0.2) is 5.82 Å². The summed E-state index contributed by atoms with van der Waals surface area (Å²) in [6.45, 7) is 5.48. The van der Waals surface area contributed by atoms with Gasteiger partial charge in [-0.1, -0.05) is 12.8 Å². The fraction of sp³-hybridized carbons (Fsp3) is 0.737. The third-order valence-corrected chi connectivity index (χ3v) is 5.70. The Morgan fingerprint density at radius 1 is 1.16 bits per heavy atom. The van der Waals surface area contributed by atoms with E-state index in [1.54, 1.807) is 0 Å². The molecule has 3 aliphatic rings. The van der Waals surface area contributed by atoms with Gasteiger partial charge in [0.05, 0.1) is 12.2 Å². The van der Waals surface area contributed by atoms with Crippen LogP contribution in [-0.2, 0) is 17.8 Å². The minimum atomic E-state index is -0.0601. The first-order chi connectivity index (χ1) is 12.0. The molecule has 2 saturated carbocycles. The second-order valence-electron chi connectivity index (χ2n) is 8.03. The van der Waals surface area contributed by atoms with Gasteiger partial charge in [0.2, 0.25) is 5.91 Å². The van der Waals surface area contributed by atoms with Crippen molar-refractivity contribution < 1.29 is 9.59 Å². The predicted molar refractivity (Wildman–Crippen MR) is 94.2 cm³/mol. The van der Waals surface area contributed by atoms with Crippen molar-refractivity contribution >= 4 is 11.8 Å². The number of carbonyl (C=O) groups is 2. The van der Waals surface area contributed by atoms with Gasteiger partial charge in [-0.2, -0.15) is 0 Å². The molecule has 2 fully saturated rings. The third-order valence-electron chi connectivity index (χ3n) is 5.70. The minimum Gasteiger partial charge on any atom is -0.347 e. The molecule has 2 amide bonds. The topological polar surface area (TPSA) is 67.2 Å². The van der Waals surface area contributed by atoms with E-state index in [1.807, 2.05) is 4.90 Å². The molecule has 6 heteroatoms. The molecule has 0 atom stereocenters. The summed E-state index contributed by atoms with van der Waals surface area (Å²) in [6, 6.07) is 0.473. The summed E-state index contributed by atoms with van der Waals surface area (Å²) in [5.41, 5.74) is 2.04. The molecule has 0 unspecified atom stereocenters. The van der Waals surface area contributed by atoms with Gasteiger partial charge < -0.3 is 14.8 Å². The van der Waals surface area contributed by atoms with Crippen LogP contribution in [0.1, 0.15) is 80.4 Å². The number of aromatic nitrogens is 2. The van der Waals surface area contributed by atoms with Gasteiger partial charge in [0.25, 0.3) is 5.91 Å². The van der Waals surface area contributed by atoms with Crippen LogP contribution in [0.5, 0.6) is 0 Å². The van der Waals surface area contributed by atoms with Crippen LogP contribution in [0.3, 0.4) is 0 Å². The maximum absolute atomic E-state index is 12.8. The summed E-state index contributed by atoms with van der Waals surface area (Å²) < 4.78 is 2.08. The van der Waals surface area contributed by atoms with Gasteiger partial charge >= 0.3 is 0 Å². The summed E-state index contributed by atoms with van der Waals surface area (Å²) >= 11 is 0. The van der Waals surface area contributed by atoms with Crippen molar-refractivity contribution in [2.75, 3.05) is 6.54 Å². The highest BCUT2D eigenvalue weighted by Gasteiger charge is 2.36. The minimum absolute atomic E-state index is 0.0601. The zero-order valence-electron chi connectivity index (χ0n) is 15.3. The number of fused-ring (bicyclic) bond motifs is 1. The Kier molecular flexibility index (Phi) is 4.29. The van der Waals surface area contributed by atoms with Crippen LogP contribution >= 0.6 is 0 Å². The molecule has 0 saturated heterocycles. The molecule has 136 valence electrons. The fourth-order valence-corrected chi connectivity index (χ4v) is 4.22. The van der Waals surface area contributed by atoms with E-state index in [1.165, 1.54) is 12.8 Å². The quantitative estimate of drug-likeness (QED) is 0.912. The van der Waals surface area contributed by atoms with E-state index >= 15 is 0 Å². The van der Waals surface area contributed by atoms with Gasteiger partial charge in [-0.3, -0.25) is 9.59 Å². The third kappa shape index (κ3) is 3.18. The SMILES string of the molecule is CC(C)n1c(C(=O)NC2CCCC2)nc2c1CCN(C(=O)C1CC1)C2. The van der Waals surface area contributed by atoms with E-state index in [2.05, 4.69) is 28.7 Å². The molecule has 1 aliphatic heterocycles. The van der Waals surface area contributed by atoms with Crippen molar-refractivity contribution in [1.82, 2.24) is 19.8 Å². The smallest absolute Gasteiger partial charge is 0.287 e. The van der Waals surface area contributed by atoms with Crippen LogP contribution in [0.2, 0.25) is 0 Å². The van der Waals surface area contributed by atoms with Crippen LogP contribution in [-0.4, -0.2) is 38.9 Å². The van der Waals surface area contributed by atoms with Gasteiger partial charge in [0, 0.05) is 36.7 Å². The summed E-state index contributed by atoms with van der Waals surface area (Å²) in [6.07, 6.45) is 7.36. The highest BCUT2D eigenvalue weighted by atomic mass is 16.2. The van der Waals surface area contributed by atoms with E-state index in [-0.39, 0.29) is 29.8 Å². The van der Waals surface area contributed by atoms with Crippen molar-refractivity contribution in [3.05, 3.63) is 17.2 Å². The normalized spacial score (nSPS) is 20.8. The number of rotatable bonds is 4. The molecule has 0 bridgehead atoms. The summed E-state index contributed by atoms with van der Waals surface area (Å²) in [7, 11) is 0. The van der Waals surface area contributed by atoms with Crippen LogP contribution in [0.4, 0.5) is 0 Å². The lowest BCUT2D eigenvalue weighted by atomic mass is 10.1. The van der Waals surface area contributed by atoms with Crippen molar-refractivity contribution in [1.29, 1.82) is 0 Å². The Hall–Kier alpha value is -1.85. The van der Waals surface area contributed by atoms with Crippen molar-refractivity contribution in [3.63, 3.8) is 0 Å². The number of amides is 2. The Bertz CT molecular complexity index is 684. The summed E-state index contributed by atoms with van der Waals surface area (Å²) in [5.74, 6) is 0.961. The monoisotopic (exact) mass is 344 g/mol. The number of hydrogen-bond acceptors (Lipinski definition) is 3. The van der Waals surface area contributed by atoms with Crippen LogP contribution in [0.15, 0.2) is 0 Å². The van der Waals surface area contributed by atoms with Gasteiger partial charge in [-0.05, 0) is 39.5 Å². The lowest BCUT2D eigenvalue weighted by Gasteiger charge is -2.28. The van der Waals surface area contributed by atoms with Gasteiger partial charge in [-0.15, -0.1) is 0 Å². The highest BCUT2D eigenvalue weighted by molar-refractivity contribution is 5.91. The zero-order chi connectivity index (χ0) is 17.6. The van der Waals surface area contributed by atoms with Crippen LogP contribution in [0, 0.1) is 5.92 Å². The molecule has 2 aliphatic carbocycles. The lowest BCUT2D eigenvalue weighted by molar-refractivity contribution is -0.133. The molecule has 6 nitrogen and oxygen atoms in total. The average molecular weight is 344 g/mol. The van der Waals surface area contributed by atoms with E-state index < -0.39 is 0 Å². The molecule has 1 aromatic heterocycles. The molecule has 25 heavy (non-hydrogen) atoms. The average Bonchev–Trinajstić information content (AvgIpc) is 3.17. The predicted octanol–water partition coefficient (Wildman–Crippen LogP) is 2.43. The number of hydrogen-bond donors (Lipinski definition) is 1. The van der Waals surface area contributed by atoms with Crippen molar-refractivity contribution in [2.24, 2.45) is 5.92 Å². The largest absolute Gasteiger partial charge is 0.347 e. The number of nitrogens with zero attached hydrogens (tertiary/aromatic N) is 3. The fourth-order valence-electron chi connectivity index (χ4n) is 4.22. The molecule has 0 spiro atoms. The number of carbonyl (C=O) groups excluding carboxylic acids is 2. The maximum Gasteiger partial charge on any atom is 0.287 e. The Morgan fingerprint density at radius 2 is 1.88 bits per heavy atom. The second-order valence-corrected chi connectivity index (χ2v) is 8.03. The number of nitrogens with one attached hydrogen (secondary N) is 1. The molecular formula is C19H28N4O2. The van der Waals surface area contributed by atoms with Gasteiger partial charge in [-0.25, -0.2) is 4.98 Å². The van der Waals surface area contributed by atoms with Crippen LogP contribution < -0.4 is 5.32 Å². The number of imidazole rings is 1. The zero-order valence-corrected chi connectivity index (χ0v) is 15.3. The van der Waals surface area contributed by atoms with Crippen molar-refractivity contribution in [3.8, 4) is 0 Å². The lowest BCUT2D eigenvalue weighted by Crippen LogP contribution is -2.37. The van der Waals surface area contributed by atoms with E-state index in [0.29, 0.717) is 12.4 Å². The standard InChI is InChI=1S/C19H28N4O2/c1-12(2)23-16-9-10-22(19(25)13-7-8-13)11-15(16)21-17(23)18(24)20-14-5-3-4-6-14/h12-14H,3-11H2,1-2H3,(H,20,24).